The van der Waals surface area contributed by atoms with Crippen molar-refractivity contribution in [3.8, 4) is 0 Å². The number of nitrogens with zero attached hydrogens (tertiary/aromatic N) is 3. The van der Waals surface area contributed by atoms with Gasteiger partial charge in [0.25, 0.3) is 0 Å². The first-order valence-electron chi connectivity index (χ1n) is 5.92. The SMILES string of the molecule is CCOC(=O)c1nn(Cc2cccnc2C)cc1F. The van der Waals surface area contributed by atoms with E-state index in [1.807, 2.05) is 13.0 Å². The van der Waals surface area contributed by atoms with Crippen LogP contribution in [0.2, 0.25) is 0 Å². The highest BCUT2D eigenvalue weighted by Gasteiger charge is 2.18. The minimum Gasteiger partial charge on any atom is -0.461 e. The van der Waals surface area contributed by atoms with Gasteiger partial charge in [0.2, 0.25) is 5.69 Å². The minimum absolute atomic E-state index is 0.187. The van der Waals surface area contributed by atoms with Crippen LogP contribution in [0.5, 0.6) is 0 Å². The summed E-state index contributed by atoms with van der Waals surface area (Å²) < 4.78 is 19.7. The third-order valence-corrected chi connectivity index (χ3v) is 2.63. The fraction of sp³-hybridized carbons (Fsp3) is 0.308. The highest BCUT2D eigenvalue weighted by molar-refractivity contribution is 5.87. The summed E-state index contributed by atoms with van der Waals surface area (Å²) in [6, 6.07) is 3.68. The largest absolute Gasteiger partial charge is 0.461 e. The summed E-state index contributed by atoms with van der Waals surface area (Å²) in [6.07, 6.45) is 2.87. The van der Waals surface area contributed by atoms with E-state index in [0.29, 0.717) is 6.54 Å². The molecule has 0 spiro atoms. The number of ether oxygens (including phenoxy) is 1. The van der Waals surface area contributed by atoms with Gasteiger partial charge in [-0.25, -0.2) is 9.18 Å². The van der Waals surface area contributed by atoms with Crippen LogP contribution >= 0.6 is 0 Å². The lowest BCUT2D eigenvalue weighted by atomic mass is 10.2. The molecule has 0 aliphatic carbocycles. The molecular weight excluding hydrogens is 249 g/mol. The molecule has 0 bridgehead atoms. The highest BCUT2D eigenvalue weighted by Crippen LogP contribution is 2.10. The first-order valence-corrected chi connectivity index (χ1v) is 5.92. The van der Waals surface area contributed by atoms with E-state index in [1.165, 1.54) is 10.9 Å². The number of esters is 1. The second-order valence-electron chi connectivity index (χ2n) is 3.99. The molecule has 0 saturated carbocycles. The van der Waals surface area contributed by atoms with Crippen LogP contribution in [0, 0.1) is 12.7 Å². The summed E-state index contributed by atoms with van der Waals surface area (Å²) in [5, 5.41) is 3.90. The van der Waals surface area contributed by atoms with Crippen LogP contribution in [0.4, 0.5) is 4.39 Å². The quantitative estimate of drug-likeness (QED) is 0.791. The number of pyridine rings is 1. The van der Waals surface area contributed by atoms with Gasteiger partial charge in [0, 0.05) is 11.9 Å². The lowest BCUT2D eigenvalue weighted by Crippen LogP contribution is -2.09. The predicted molar refractivity (Wildman–Crippen MR) is 66.2 cm³/mol. The van der Waals surface area contributed by atoms with Crippen molar-refractivity contribution in [2.45, 2.75) is 20.4 Å². The highest BCUT2D eigenvalue weighted by atomic mass is 19.1. The smallest absolute Gasteiger partial charge is 0.361 e. The van der Waals surface area contributed by atoms with Crippen molar-refractivity contribution in [1.29, 1.82) is 0 Å². The number of carbonyl (C=O) groups is 1. The molecule has 0 unspecified atom stereocenters. The second kappa shape index (κ2) is 5.60. The molecule has 0 saturated heterocycles. The minimum atomic E-state index is -0.748. The summed E-state index contributed by atoms with van der Waals surface area (Å²) in [4.78, 5) is 15.6. The van der Waals surface area contributed by atoms with Crippen molar-refractivity contribution in [2.24, 2.45) is 0 Å². The third-order valence-electron chi connectivity index (χ3n) is 2.63. The number of halogens is 1. The second-order valence-corrected chi connectivity index (χ2v) is 3.99. The molecule has 6 heteroatoms. The van der Waals surface area contributed by atoms with E-state index in [1.54, 1.807) is 19.2 Å². The van der Waals surface area contributed by atoms with Gasteiger partial charge in [0.1, 0.15) is 0 Å². The van der Waals surface area contributed by atoms with E-state index in [4.69, 9.17) is 4.74 Å². The fourth-order valence-electron chi connectivity index (χ4n) is 1.68. The Morgan fingerprint density at radius 2 is 2.32 bits per heavy atom. The first-order chi connectivity index (χ1) is 9.11. The van der Waals surface area contributed by atoms with Crippen LogP contribution in [-0.4, -0.2) is 27.3 Å². The van der Waals surface area contributed by atoms with E-state index in [9.17, 15) is 9.18 Å². The molecule has 0 atom stereocenters. The Kier molecular flexibility index (Phi) is 3.89. The Bertz CT molecular complexity index is 595. The maximum atomic E-state index is 13.6. The van der Waals surface area contributed by atoms with Crippen LogP contribution in [0.15, 0.2) is 24.5 Å². The number of aromatic nitrogens is 3. The fourth-order valence-corrected chi connectivity index (χ4v) is 1.68. The zero-order valence-corrected chi connectivity index (χ0v) is 10.8. The molecule has 5 nitrogen and oxygen atoms in total. The molecule has 100 valence electrons. The van der Waals surface area contributed by atoms with Gasteiger partial charge in [0.15, 0.2) is 5.82 Å². The van der Waals surface area contributed by atoms with Gasteiger partial charge in [-0.15, -0.1) is 0 Å². The number of aryl methyl sites for hydroxylation is 1. The van der Waals surface area contributed by atoms with Crippen molar-refractivity contribution in [2.75, 3.05) is 6.61 Å². The average Bonchev–Trinajstić information content (AvgIpc) is 2.74. The van der Waals surface area contributed by atoms with E-state index in [0.717, 1.165) is 11.3 Å². The molecule has 19 heavy (non-hydrogen) atoms. The van der Waals surface area contributed by atoms with Gasteiger partial charge < -0.3 is 4.74 Å². The molecule has 0 aliphatic heterocycles. The number of hydrogen-bond acceptors (Lipinski definition) is 4. The van der Waals surface area contributed by atoms with Gasteiger partial charge in [0.05, 0.1) is 19.3 Å². The number of rotatable bonds is 4. The van der Waals surface area contributed by atoms with Crippen LogP contribution in [0.25, 0.3) is 0 Å². The summed E-state index contributed by atoms with van der Waals surface area (Å²) in [7, 11) is 0. The number of hydrogen-bond donors (Lipinski definition) is 0. The normalized spacial score (nSPS) is 10.5. The topological polar surface area (TPSA) is 57.0 Å². The average molecular weight is 263 g/mol. The van der Waals surface area contributed by atoms with Crippen molar-refractivity contribution in [3.63, 3.8) is 0 Å². The molecule has 0 aliphatic rings. The molecule has 0 aromatic carbocycles. The third kappa shape index (κ3) is 2.96. The summed E-state index contributed by atoms with van der Waals surface area (Å²) in [5.74, 6) is -1.43. The Morgan fingerprint density at radius 1 is 1.53 bits per heavy atom. The van der Waals surface area contributed by atoms with Gasteiger partial charge in [-0.1, -0.05) is 6.07 Å². The van der Waals surface area contributed by atoms with Gasteiger partial charge >= 0.3 is 5.97 Å². The van der Waals surface area contributed by atoms with Crippen molar-refractivity contribution >= 4 is 5.97 Å². The van der Waals surface area contributed by atoms with Crippen LogP contribution in [0.1, 0.15) is 28.7 Å². The standard InChI is InChI=1S/C13H14FN3O2/c1-3-19-13(18)12-11(14)8-17(16-12)7-10-5-4-6-15-9(10)2/h4-6,8H,3,7H2,1-2H3. The Labute approximate surface area is 110 Å². The molecule has 0 fully saturated rings. The molecule has 0 amide bonds. The Hall–Kier alpha value is -2.24. The van der Waals surface area contributed by atoms with Crippen LogP contribution < -0.4 is 0 Å². The molecule has 0 N–H and O–H groups in total. The zero-order valence-electron chi connectivity index (χ0n) is 10.8. The van der Waals surface area contributed by atoms with E-state index in [2.05, 4.69) is 10.1 Å². The lowest BCUT2D eigenvalue weighted by Gasteiger charge is -2.04. The molecule has 0 radical (unpaired) electrons. The summed E-state index contributed by atoms with van der Waals surface area (Å²) in [6.45, 7) is 4.07. The van der Waals surface area contributed by atoms with E-state index >= 15 is 0 Å². The molecule has 2 heterocycles. The molecule has 2 rings (SSSR count). The summed E-state index contributed by atoms with van der Waals surface area (Å²) in [5.41, 5.74) is 1.47. The maximum absolute atomic E-state index is 13.6. The number of carbonyl (C=O) groups excluding carboxylic acids is 1. The van der Waals surface area contributed by atoms with E-state index < -0.39 is 11.8 Å². The molecular formula is C13H14FN3O2. The predicted octanol–water partition coefficient (Wildman–Crippen LogP) is 1.95. The van der Waals surface area contributed by atoms with Crippen molar-refractivity contribution in [1.82, 2.24) is 14.8 Å². The first kappa shape index (κ1) is 13.2. The van der Waals surface area contributed by atoms with Gasteiger partial charge in [-0.05, 0) is 25.5 Å². The Balaban J connectivity index is 2.21. The van der Waals surface area contributed by atoms with E-state index in [-0.39, 0.29) is 12.3 Å². The summed E-state index contributed by atoms with van der Waals surface area (Å²) >= 11 is 0. The van der Waals surface area contributed by atoms with Crippen LogP contribution in [0.3, 0.4) is 0 Å². The molecule has 2 aromatic heterocycles. The maximum Gasteiger partial charge on any atom is 0.361 e. The molecule has 2 aromatic rings. The van der Waals surface area contributed by atoms with Crippen LogP contribution in [-0.2, 0) is 11.3 Å². The zero-order chi connectivity index (χ0) is 13.8. The lowest BCUT2D eigenvalue weighted by molar-refractivity contribution is 0.0513. The van der Waals surface area contributed by atoms with Gasteiger partial charge in [-0.3, -0.25) is 9.67 Å². The Morgan fingerprint density at radius 3 is 3.00 bits per heavy atom. The van der Waals surface area contributed by atoms with Crippen molar-refractivity contribution in [3.05, 3.63) is 47.3 Å². The monoisotopic (exact) mass is 263 g/mol. The van der Waals surface area contributed by atoms with Crippen molar-refractivity contribution < 1.29 is 13.9 Å². The van der Waals surface area contributed by atoms with Gasteiger partial charge in [-0.2, -0.15) is 5.10 Å².